The monoisotopic (exact) mass is 308 g/mol. The van der Waals surface area contributed by atoms with Crippen molar-refractivity contribution in [3.05, 3.63) is 34.9 Å². The van der Waals surface area contributed by atoms with Gasteiger partial charge in [-0.05, 0) is 42.0 Å². The van der Waals surface area contributed by atoms with E-state index >= 15 is 0 Å². The van der Waals surface area contributed by atoms with E-state index in [0.29, 0.717) is 11.6 Å². The first-order chi connectivity index (χ1) is 9.86. The Bertz CT molecular complexity index is 517. The molecule has 1 aliphatic rings. The minimum Gasteiger partial charge on any atom is -0.342 e. The van der Waals surface area contributed by atoms with Gasteiger partial charge in [-0.25, -0.2) is 0 Å². The molecule has 0 saturated carbocycles. The molecule has 2 rings (SSSR count). The van der Waals surface area contributed by atoms with Gasteiger partial charge in [-0.2, -0.15) is 0 Å². The molecule has 116 valence electrons. The van der Waals surface area contributed by atoms with Crippen molar-refractivity contribution in [3.8, 4) is 0 Å². The first kappa shape index (κ1) is 16.3. The standard InChI is InChI=1S/C17H25ClN2O/c1-12(2)15(13-5-4-6-14(18)9-13)16(21)20-8-7-17(3,10-19)11-20/h4-6,9,12,15H,7-8,10-11,19H2,1-3H3. The second-order valence-corrected chi connectivity index (χ2v) is 7.24. The largest absolute Gasteiger partial charge is 0.342 e. The van der Waals surface area contributed by atoms with Crippen molar-refractivity contribution in [2.75, 3.05) is 19.6 Å². The van der Waals surface area contributed by atoms with Gasteiger partial charge in [0.2, 0.25) is 5.91 Å². The van der Waals surface area contributed by atoms with E-state index in [2.05, 4.69) is 20.8 Å². The van der Waals surface area contributed by atoms with Crippen molar-refractivity contribution in [1.29, 1.82) is 0 Å². The molecule has 2 atom stereocenters. The van der Waals surface area contributed by atoms with E-state index in [0.717, 1.165) is 25.1 Å². The van der Waals surface area contributed by atoms with Crippen LogP contribution in [0, 0.1) is 11.3 Å². The SMILES string of the molecule is CC(C)C(C(=O)N1CCC(C)(CN)C1)c1cccc(Cl)c1. The summed E-state index contributed by atoms with van der Waals surface area (Å²) in [5, 5.41) is 0.680. The van der Waals surface area contributed by atoms with Crippen LogP contribution in [-0.2, 0) is 4.79 Å². The van der Waals surface area contributed by atoms with Crippen molar-refractivity contribution < 1.29 is 4.79 Å². The molecule has 1 aromatic rings. The number of carbonyl (C=O) groups excluding carboxylic acids is 1. The van der Waals surface area contributed by atoms with Crippen LogP contribution in [0.3, 0.4) is 0 Å². The summed E-state index contributed by atoms with van der Waals surface area (Å²) in [6.45, 7) is 8.51. The van der Waals surface area contributed by atoms with E-state index in [1.54, 1.807) is 0 Å². The number of amides is 1. The third-order valence-corrected chi connectivity index (χ3v) is 4.74. The van der Waals surface area contributed by atoms with E-state index in [9.17, 15) is 4.79 Å². The molecule has 0 radical (unpaired) electrons. The predicted molar refractivity (Wildman–Crippen MR) is 87.4 cm³/mol. The number of hydrogen-bond donors (Lipinski definition) is 1. The summed E-state index contributed by atoms with van der Waals surface area (Å²) in [6.07, 6.45) is 0.982. The molecular weight excluding hydrogens is 284 g/mol. The molecule has 21 heavy (non-hydrogen) atoms. The molecule has 0 spiro atoms. The zero-order chi connectivity index (χ0) is 15.6. The highest BCUT2D eigenvalue weighted by atomic mass is 35.5. The van der Waals surface area contributed by atoms with Crippen LogP contribution in [0.5, 0.6) is 0 Å². The molecule has 0 aliphatic carbocycles. The summed E-state index contributed by atoms with van der Waals surface area (Å²) in [7, 11) is 0. The van der Waals surface area contributed by atoms with Gasteiger partial charge in [0.05, 0.1) is 5.92 Å². The van der Waals surface area contributed by atoms with Crippen molar-refractivity contribution in [3.63, 3.8) is 0 Å². The summed E-state index contributed by atoms with van der Waals surface area (Å²) >= 11 is 6.08. The maximum Gasteiger partial charge on any atom is 0.230 e. The summed E-state index contributed by atoms with van der Waals surface area (Å²) in [6, 6.07) is 7.65. The Morgan fingerprint density at radius 2 is 2.19 bits per heavy atom. The van der Waals surface area contributed by atoms with Gasteiger partial charge in [0.25, 0.3) is 0 Å². The van der Waals surface area contributed by atoms with E-state index < -0.39 is 0 Å². The van der Waals surface area contributed by atoms with E-state index in [1.165, 1.54) is 0 Å². The Morgan fingerprint density at radius 1 is 1.48 bits per heavy atom. The first-order valence-electron chi connectivity index (χ1n) is 7.60. The van der Waals surface area contributed by atoms with Crippen molar-refractivity contribution in [1.82, 2.24) is 4.90 Å². The lowest BCUT2D eigenvalue weighted by Crippen LogP contribution is -2.38. The number of nitrogens with two attached hydrogens (primary N) is 1. The molecule has 3 nitrogen and oxygen atoms in total. The Hall–Kier alpha value is -1.06. The number of carbonyl (C=O) groups is 1. The molecule has 1 amide bonds. The van der Waals surface area contributed by atoms with Crippen LogP contribution < -0.4 is 5.73 Å². The van der Waals surface area contributed by atoms with Gasteiger partial charge >= 0.3 is 0 Å². The molecule has 1 saturated heterocycles. The van der Waals surface area contributed by atoms with Gasteiger partial charge in [0.1, 0.15) is 0 Å². The highest BCUT2D eigenvalue weighted by Gasteiger charge is 2.38. The molecule has 0 bridgehead atoms. The lowest BCUT2D eigenvalue weighted by Gasteiger charge is -2.28. The van der Waals surface area contributed by atoms with Crippen LogP contribution in [0.1, 0.15) is 38.7 Å². The summed E-state index contributed by atoms with van der Waals surface area (Å²) in [4.78, 5) is 14.9. The lowest BCUT2D eigenvalue weighted by atomic mass is 9.87. The third-order valence-electron chi connectivity index (χ3n) is 4.50. The maximum absolute atomic E-state index is 12.9. The number of hydrogen-bond acceptors (Lipinski definition) is 2. The summed E-state index contributed by atoms with van der Waals surface area (Å²) in [5.41, 5.74) is 6.91. The van der Waals surface area contributed by atoms with E-state index in [1.807, 2.05) is 29.2 Å². The van der Waals surface area contributed by atoms with Crippen LogP contribution in [0.2, 0.25) is 5.02 Å². The Kier molecular flexibility index (Phi) is 4.95. The van der Waals surface area contributed by atoms with Crippen LogP contribution in [0.25, 0.3) is 0 Å². The summed E-state index contributed by atoms with van der Waals surface area (Å²) in [5.74, 6) is 0.300. The van der Waals surface area contributed by atoms with Gasteiger partial charge in [-0.3, -0.25) is 4.79 Å². The maximum atomic E-state index is 12.9. The second kappa shape index (κ2) is 6.37. The number of nitrogens with zero attached hydrogens (tertiary/aromatic N) is 1. The molecule has 4 heteroatoms. The van der Waals surface area contributed by atoms with Gasteiger partial charge < -0.3 is 10.6 Å². The van der Waals surface area contributed by atoms with Crippen molar-refractivity contribution in [2.24, 2.45) is 17.1 Å². The number of halogens is 1. The van der Waals surface area contributed by atoms with Gasteiger partial charge in [0.15, 0.2) is 0 Å². The smallest absolute Gasteiger partial charge is 0.230 e. The molecular formula is C17H25ClN2O. The van der Waals surface area contributed by atoms with Crippen LogP contribution in [0.15, 0.2) is 24.3 Å². The molecule has 1 aromatic carbocycles. The minimum absolute atomic E-state index is 0.0610. The quantitative estimate of drug-likeness (QED) is 0.928. The Labute approximate surface area is 132 Å². The number of rotatable bonds is 4. The lowest BCUT2D eigenvalue weighted by molar-refractivity contribution is -0.133. The first-order valence-corrected chi connectivity index (χ1v) is 7.98. The van der Waals surface area contributed by atoms with Crippen LogP contribution >= 0.6 is 11.6 Å². The average Bonchev–Trinajstić information content (AvgIpc) is 2.82. The fourth-order valence-corrected chi connectivity index (χ4v) is 3.29. The topological polar surface area (TPSA) is 46.3 Å². The van der Waals surface area contributed by atoms with Crippen LogP contribution in [-0.4, -0.2) is 30.4 Å². The number of likely N-dealkylation sites (tertiary alicyclic amines) is 1. The zero-order valence-corrected chi connectivity index (χ0v) is 13.9. The predicted octanol–water partition coefficient (Wildman–Crippen LogP) is 3.28. The highest BCUT2D eigenvalue weighted by molar-refractivity contribution is 6.30. The molecule has 1 fully saturated rings. The normalized spacial score (nSPS) is 23.6. The second-order valence-electron chi connectivity index (χ2n) is 6.80. The van der Waals surface area contributed by atoms with E-state index in [4.69, 9.17) is 17.3 Å². The molecule has 1 heterocycles. The van der Waals surface area contributed by atoms with Gasteiger partial charge in [0, 0.05) is 18.1 Å². The fourth-order valence-electron chi connectivity index (χ4n) is 3.09. The van der Waals surface area contributed by atoms with Gasteiger partial charge in [-0.15, -0.1) is 0 Å². The average molecular weight is 309 g/mol. The summed E-state index contributed by atoms with van der Waals surface area (Å²) < 4.78 is 0. The van der Waals surface area contributed by atoms with Gasteiger partial charge in [-0.1, -0.05) is 44.5 Å². The Morgan fingerprint density at radius 3 is 2.71 bits per heavy atom. The molecule has 0 aromatic heterocycles. The third kappa shape index (κ3) is 3.58. The molecule has 2 unspecified atom stereocenters. The fraction of sp³-hybridized carbons (Fsp3) is 0.588. The zero-order valence-electron chi connectivity index (χ0n) is 13.1. The molecule has 2 N–H and O–H groups in total. The van der Waals surface area contributed by atoms with E-state index in [-0.39, 0.29) is 23.2 Å². The van der Waals surface area contributed by atoms with Crippen molar-refractivity contribution in [2.45, 2.75) is 33.1 Å². The van der Waals surface area contributed by atoms with Crippen molar-refractivity contribution >= 4 is 17.5 Å². The van der Waals surface area contributed by atoms with Crippen LogP contribution in [0.4, 0.5) is 0 Å². The molecule has 1 aliphatic heterocycles. The minimum atomic E-state index is -0.135. The number of benzene rings is 1. The highest BCUT2D eigenvalue weighted by Crippen LogP contribution is 2.34. The Balaban J connectivity index is 2.22.